The van der Waals surface area contributed by atoms with Crippen LogP contribution in [0.3, 0.4) is 0 Å². The van der Waals surface area contributed by atoms with Gasteiger partial charge in [-0.2, -0.15) is 0 Å². The Morgan fingerprint density at radius 2 is 1.58 bits per heavy atom. The van der Waals surface area contributed by atoms with Gasteiger partial charge in [0, 0.05) is 24.8 Å². The topological polar surface area (TPSA) is 61.4 Å². The maximum atomic E-state index is 12.4. The Kier molecular flexibility index (Phi) is 6.52. The smallest absolute Gasteiger partial charge is 0.251 e. The SMILES string of the molecule is CNC(=O)c1ccc(CN(C)CC(=O)Nc2c(C)cc(C)cc2C)cc1. The van der Waals surface area contributed by atoms with Gasteiger partial charge in [-0.1, -0.05) is 29.8 Å². The Hall–Kier alpha value is -2.66. The minimum Gasteiger partial charge on any atom is -0.355 e. The second-order valence-electron chi connectivity index (χ2n) is 6.77. The second-order valence-corrected chi connectivity index (χ2v) is 6.77. The molecule has 0 aliphatic heterocycles. The van der Waals surface area contributed by atoms with E-state index in [-0.39, 0.29) is 11.8 Å². The fourth-order valence-electron chi connectivity index (χ4n) is 3.07. The first kappa shape index (κ1) is 19.7. The summed E-state index contributed by atoms with van der Waals surface area (Å²) in [5.74, 6) is -0.141. The Morgan fingerprint density at radius 3 is 2.12 bits per heavy atom. The van der Waals surface area contributed by atoms with Crippen molar-refractivity contribution in [2.45, 2.75) is 27.3 Å². The number of hydrogen-bond acceptors (Lipinski definition) is 3. The van der Waals surface area contributed by atoms with Crippen molar-refractivity contribution in [3.8, 4) is 0 Å². The number of hydrogen-bond donors (Lipinski definition) is 2. The Bertz CT molecular complexity index is 774. The Balaban J connectivity index is 1.94. The molecule has 2 rings (SSSR count). The molecule has 0 saturated heterocycles. The number of rotatable bonds is 6. The maximum Gasteiger partial charge on any atom is 0.251 e. The van der Waals surface area contributed by atoms with Crippen LogP contribution in [-0.2, 0) is 11.3 Å². The normalized spacial score (nSPS) is 10.7. The highest BCUT2D eigenvalue weighted by atomic mass is 16.2. The molecule has 0 saturated carbocycles. The molecular formula is C21H27N3O2. The number of likely N-dealkylation sites (N-methyl/N-ethyl adjacent to an activating group) is 1. The molecule has 0 aliphatic rings. The van der Waals surface area contributed by atoms with Gasteiger partial charge in [-0.05, 0) is 56.6 Å². The monoisotopic (exact) mass is 353 g/mol. The van der Waals surface area contributed by atoms with Crippen molar-refractivity contribution in [3.05, 3.63) is 64.2 Å². The summed E-state index contributed by atoms with van der Waals surface area (Å²) in [5, 5.41) is 5.62. The molecule has 5 heteroatoms. The van der Waals surface area contributed by atoms with Gasteiger partial charge in [-0.3, -0.25) is 14.5 Å². The number of anilines is 1. The van der Waals surface area contributed by atoms with Crippen molar-refractivity contribution in [1.82, 2.24) is 10.2 Å². The highest BCUT2D eigenvalue weighted by molar-refractivity contribution is 5.94. The summed E-state index contributed by atoms with van der Waals surface area (Å²) in [4.78, 5) is 25.9. The number of amides is 2. The molecule has 0 aliphatic carbocycles. The van der Waals surface area contributed by atoms with Crippen LogP contribution in [0.5, 0.6) is 0 Å². The Morgan fingerprint density at radius 1 is 1.00 bits per heavy atom. The van der Waals surface area contributed by atoms with Gasteiger partial charge in [0.25, 0.3) is 5.91 Å². The largest absolute Gasteiger partial charge is 0.355 e. The van der Waals surface area contributed by atoms with E-state index in [4.69, 9.17) is 0 Å². The van der Waals surface area contributed by atoms with Crippen LogP contribution in [0.2, 0.25) is 0 Å². The number of carbonyl (C=O) groups is 2. The summed E-state index contributed by atoms with van der Waals surface area (Å²) < 4.78 is 0. The van der Waals surface area contributed by atoms with Crippen LogP contribution in [0, 0.1) is 20.8 Å². The third kappa shape index (κ3) is 5.17. The second kappa shape index (κ2) is 8.63. The zero-order valence-corrected chi connectivity index (χ0v) is 16.1. The summed E-state index contributed by atoms with van der Waals surface area (Å²) in [6, 6.07) is 11.5. The van der Waals surface area contributed by atoms with E-state index in [1.54, 1.807) is 19.2 Å². The summed E-state index contributed by atoms with van der Waals surface area (Å²) >= 11 is 0. The third-order valence-electron chi connectivity index (χ3n) is 4.25. The summed E-state index contributed by atoms with van der Waals surface area (Å²) in [6.07, 6.45) is 0. The van der Waals surface area contributed by atoms with Crippen LogP contribution >= 0.6 is 0 Å². The quantitative estimate of drug-likeness (QED) is 0.839. The summed E-state index contributed by atoms with van der Waals surface area (Å²) in [7, 11) is 3.52. The van der Waals surface area contributed by atoms with E-state index in [9.17, 15) is 9.59 Å². The van der Waals surface area contributed by atoms with Gasteiger partial charge in [0.05, 0.1) is 6.54 Å². The fraction of sp³-hybridized carbons (Fsp3) is 0.333. The first-order chi connectivity index (χ1) is 12.3. The van der Waals surface area contributed by atoms with Crippen LogP contribution in [-0.4, -0.2) is 37.4 Å². The van der Waals surface area contributed by atoms with Crippen molar-refractivity contribution in [2.24, 2.45) is 0 Å². The first-order valence-electron chi connectivity index (χ1n) is 8.67. The predicted octanol–water partition coefficient (Wildman–Crippen LogP) is 3.04. The van der Waals surface area contributed by atoms with Crippen molar-refractivity contribution < 1.29 is 9.59 Å². The molecule has 0 atom stereocenters. The predicted molar refractivity (Wildman–Crippen MR) is 105 cm³/mol. The van der Waals surface area contributed by atoms with Crippen LogP contribution in [0.4, 0.5) is 5.69 Å². The molecule has 5 nitrogen and oxygen atoms in total. The molecule has 2 N–H and O–H groups in total. The van der Waals surface area contributed by atoms with E-state index in [2.05, 4.69) is 29.7 Å². The molecule has 0 unspecified atom stereocenters. The number of nitrogens with one attached hydrogen (secondary N) is 2. The first-order valence-corrected chi connectivity index (χ1v) is 8.67. The lowest BCUT2D eigenvalue weighted by molar-refractivity contribution is -0.117. The molecule has 138 valence electrons. The zero-order chi connectivity index (χ0) is 19.3. The van der Waals surface area contributed by atoms with Crippen LogP contribution < -0.4 is 10.6 Å². The van der Waals surface area contributed by atoms with Crippen molar-refractivity contribution in [2.75, 3.05) is 26.0 Å². The molecule has 0 spiro atoms. The highest BCUT2D eigenvalue weighted by Gasteiger charge is 2.11. The van der Waals surface area contributed by atoms with Gasteiger partial charge >= 0.3 is 0 Å². The molecular weight excluding hydrogens is 326 g/mol. The highest BCUT2D eigenvalue weighted by Crippen LogP contribution is 2.21. The summed E-state index contributed by atoms with van der Waals surface area (Å²) in [6.45, 7) is 6.99. The number of nitrogens with zero attached hydrogens (tertiary/aromatic N) is 1. The van der Waals surface area contributed by atoms with Gasteiger partial charge in [0.15, 0.2) is 0 Å². The lowest BCUT2D eigenvalue weighted by Crippen LogP contribution is -2.30. The van der Waals surface area contributed by atoms with Crippen molar-refractivity contribution in [1.29, 1.82) is 0 Å². The molecule has 0 heterocycles. The summed E-state index contributed by atoms with van der Waals surface area (Å²) in [5.41, 5.74) is 5.91. The molecule has 0 radical (unpaired) electrons. The number of benzene rings is 2. The molecule has 0 aromatic heterocycles. The van der Waals surface area contributed by atoms with Gasteiger partial charge in [-0.15, -0.1) is 0 Å². The van der Waals surface area contributed by atoms with Crippen molar-refractivity contribution in [3.63, 3.8) is 0 Å². The van der Waals surface area contributed by atoms with Gasteiger partial charge in [0.2, 0.25) is 5.91 Å². The number of carbonyl (C=O) groups excluding carboxylic acids is 2. The molecule has 2 aromatic carbocycles. The lowest BCUT2D eigenvalue weighted by Gasteiger charge is -2.18. The average Bonchev–Trinajstić information content (AvgIpc) is 2.58. The molecule has 26 heavy (non-hydrogen) atoms. The molecule has 0 fully saturated rings. The van der Waals surface area contributed by atoms with E-state index < -0.39 is 0 Å². The molecule has 0 bridgehead atoms. The average molecular weight is 353 g/mol. The van der Waals surface area contributed by atoms with Gasteiger partial charge in [-0.25, -0.2) is 0 Å². The third-order valence-corrected chi connectivity index (χ3v) is 4.25. The van der Waals surface area contributed by atoms with E-state index in [0.717, 1.165) is 22.4 Å². The zero-order valence-electron chi connectivity index (χ0n) is 16.1. The fourth-order valence-corrected chi connectivity index (χ4v) is 3.07. The minimum atomic E-state index is -0.104. The van der Waals surface area contributed by atoms with Gasteiger partial charge < -0.3 is 10.6 Å². The van der Waals surface area contributed by atoms with Crippen LogP contribution in [0.25, 0.3) is 0 Å². The van der Waals surface area contributed by atoms with Crippen LogP contribution in [0.1, 0.15) is 32.6 Å². The van der Waals surface area contributed by atoms with Crippen molar-refractivity contribution >= 4 is 17.5 Å². The molecule has 2 amide bonds. The Labute approximate surface area is 155 Å². The maximum absolute atomic E-state index is 12.4. The van der Waals surface area contributed by atoms with E-state index >= 15 is 0 Å². The van der Waals surface area contributed by atoms with E-state index in [1.165, 1.54) is 5.56 Å². The standard InChI is InChI=1S/C21H27N3O2/c1-14-10-15(2)20(16(3)11-14)23-19(25)13-24(5)12-17-6-8-18(9-7-17)21(26)22-4/h6-11H,12-13H2,1-5H3,(H,22,26)(H,23,25). The number of aryl methyl sites for hydroxylation is 3. The van der Waals surface area contributed by atoms with Crippen LogP contribution in [0.15, 0.2) is 36.4 Å². The van der Waals surface area contributed by atoms with E-state index in [0.29, 0.717) is 18.7 Å². The minimum absolute atomic E-state index is 0.0375. The van der Waals surface area contributed by atoms with E-state index in [1.807, 2.05) is 37.9 Å². The molecule has 2 aromatic rings. The van der Waals surface area contributed by atoms with Gasteiger partial charge in [0.1, 0.15) is 0 Å². The lowest BCUT2D eigenvalue weighted by atomic mass is 10.1.